The Hall–Kier alpha value is -2.34. The molecule has 126 valence electrons. The van der Waals surface area contributed by atoms with Gasteiger partial charge >= 0.3 is 0 Å². The molecule has 1 amide bonds. The highest BCUT2D eigenvalue weighted by Gasteiger charge is 2.37. The molecule has 0 spiro atoms. The molecule has 0 bridgehead atoms. The van der Waals surface area contributed by atoms with Gasteiger partial charge in [-0.05, 0) is 44.9 Å². The molecule has 2 aromatic rings. The molecule has 1 N–H and O–H groups in total. The van der Waals surface area contributed by atoms with E-state index in [2.05, 4.69) is 9.97 Å². The maximum atomic E-state index is 13.5. The second kappa shape index (κ2) is 6.28. The number of aromatic nitrogens is 2. The second-order valence-corrected chi connectivity index (χ2v) is 6.25. The minimum Gasteiger partial charge on any atom is -0.391 e. The van der Waals surface area contributed by atoms with Crippen LogP contribution in [-0.4, -0.2) is 38.5 Å². The summed E-state index contributed by atoms with van der Waals surface area (Å²) in [7, 11) is 0. The van der Waals surface area contributed by atoms with E-state index in [0.717, 1.165) is 5.69 Å². The maximum Gasteiger partial charge on any atom is 0.274 e. The van der Waals surface area contributed by atoms with E-state index in [1.54, 1.807) is 30.9 Å². The zero-order chi connectivity index (χ0) is 17.4. The molecule has 0 radical (unpaired) electrons. The third-order valence-electron chi connectivity index (χ3n) is 4.46. The van der Waals surface area contributed by atoms with Crippen LogP contribution in [0.4, 0.5) is 4.39 Å². The molecule has 1 aromatic carbocycles. The molecule has 5 nitrogen and oxygen atoms in total. The molecule has 0 unspecified atom stereocenters. The molecule has 6 heteroatoms. The van der Waals surface area contributed by atoms with E-state index in [-0.39, 0.29) is 30.0 Å². The van der Waals surface area contributed by atoms with Crippen molar-refractivity contribution in [1.82, 2.24) is 14.9 Å². The lowest BCUT2D eigenvalue weighted by Crippen LogP contribution is -2.33. The Morgan fingerprint density at radius 2 is 1.92 bits per heavy atom. The summed E-state index contributed by atoms with van der Waals surface area (Å²) in [6.45, 7) is 5.60. The van der Waals surface area contributed by atoms with Gasteiger partial charge in [0.15, 0.2) is 0 Å². The SMILES string of the molecule is Cc1nc(C)c(C(=O)N2C[C@H](O)C[C@H]2c2cccc(F)c2)nc1C. The molecule has 1 fully saturated rings. The summed E-state index contributed by atoms with van der Waals surface area (Å²) < 4.78 is 13.5. The fraction of sp³-hybridized carbons (Fsp3) is 0.389. The summed E-state index contributed by atoms with van der Waals surface area (Å²) in [5.74, 6) is -0.641. The van der Waals surface area contributed by atoms with Gasteiger partial charge in [0.2, 0.25) is 0 Å². The number of amides is 1. The Morgan fingerprint density at radius 3 is 2.62 bits per heavy atom. The van der Waals surface area contributed by atoms with Crippen molar-refractivity contribution in [2.75, 3.05) is 6.54 Å². The van der Waals surface area contributed by atoms with Crippen molar-refractivity contribution < 1.29 is 14.3 Å². The van der Waals surface area contributed by atoms with Gasteiger partial charge in [-0.1, -0.05) is 12.1 Å². The lowest BCUT2D eigenvalue weighted by molar-refractivity contribution is 0.0708. The van der Waals surface area contributed by atoms with Gasteiger partial charge in [0.1, 0.15) is 11.5 Å². The van der Waals surface area contributed by atoms with Crippen molar-refractivity contribution in [3.63, 3.8) is 0 Å². The van der Waals surface area contributed by atoms with Crippen LogP contribution in [0.3, 0.4) is 0 Å². The number of β-amino-alcohol motifs (C(OH)–C–C–N with tert-alkyl or cyclic N) is 1. The monoisotopic (exact) mass is 329 g/mol. The van der Waals surface area contributed by atoms with Gasteiger partial charge < -0.3 is 10.0 Å². The van der Waals surface area contributed by atoms with Gasteiger partial charge in [0, 0.05) is 6.54 Å². The van der Waals surface area contributed by atoms with Gasteiger partial charge in [-0.25, -0.2) is 9.37 Å². The highest BCUT2D eigenvalue weighted by Crippen LogP contribution is 2.33. The number of rotatable bonds is 2. The summed E-state index contributed by atoms with van der Waals surface area (Å²) in [4.78, 5) is 23.3. The number of carbonyl (C=O) groups excluding carboxylic acids is 1. The molecule has 24 heavy (non-hydrogen) atoms. The van der Waals surface area contributed by atoms with E-state index in [0.29, 0.717) is 23.4 Å². The van der Waals surface area contributed by atoms with Crippen LogP contribution in [0.5, 0.6) is 0 Å². The van der Waals surface area contributed by atoms with Crippen LogP contribution in [0.1, 0.15) is 45.6 Å². The van der Waals surface area contributed by atoms with Crippen LogP contribution in [0.2, 0.25) is 0 Å². The Bertz CT molecular complexity index is 794. The number of aliphatic hydroxyl groups is 1. The minimum atomic E-state index is -0.637. The third-order valence-corrected chi connectivity index (χ3v) is 4.46. The molecule has 1 aliphatic heterocycles. The number of hydrogen-bond acceptors (Lipinski definition) is 4. The predicted octanol–water partition coefficient (Wildman–Crippen LogP) is 2.49. The lowest BCUT2D eigenvalue weighted by atomic mass is 10.0. The molecule has 1 saturated heterocycles. The fourth-order valence-corrected chi connectivity index (χ4v) is 3.12. The molecule has 1 aromatic heterocycles. The van der Waals surface area contributed by atoms with Crippen LogP contribution in [0, 0.1) is 26.6 Å². The van der Waals surface area contributed by atoms with Crippen molar-refractivity contribution in [2.24, 2.45) is 0 Å². The van der Waals surface area contributed by atoms with Crippen molar-refractivity contribution in [2.45, 2.75) is 39.3 Å². The molecular formula is C18H20FN3O2. The predicted molar refractivity (Wildman–Crippen MR) is 87.0 cm³/mol. The van der Waals surface area contributed by atoms with E-state index < -0.39 is 6.10 Å². The van der Waals surface area contributed by atoms with E-state index in [1.165, 1.54) is 12.1 Å². The second-order valence-electron chi connectivity index (χ2n) is 6.25. The lowest BCUT2D eigenvalue weighted by Gasteiger charge is -2.25. The minimum absolute atomic E-state index is 0.202. The number of nitrogens with zero attached hydrogens (tertiary/aromatic N) is 3. The van der Waals surface area contributed by atoms with E-state index in [1.807, 2.05) is 6.92 Å². The number of benzene rings is 1. The Labute approximate surface area is 140 Å². The number of aliphatic hydroxyl groups excluding tert-OH is 1. The zero-order valence-corrected chi connectivity index (χ0v) is 14.0. The Morgan fingerprint density at radius 1 is 1.21 bits per heavy atom. The molecule has 2 atom stereocenters. The Kier molecular flexibility index (Phi) is 4.32. The number of aryl methyl sites for hydroxylation is 3. The van der Waals surface area contributed by atoms with Gasteiger partial charge in [0.25, 0.3) is 5.91 Å². The molecule has 3 rings (SSSR count). The number of carbonyl (C=O) groups is 1. The number of hydrogen-bond donors (Lipinski definition) is 1. The van der Waals surface area contributed by atoms with Crippen molar-refractivity contribution in [1.29, 1.82) is 0 Å². The zero-order valence-electron chi connectivity index (χ0n) is 14.0. The first-order chi connectivity index (χ1) is 11.4. The summed E-state index contributed by atoms with van der Waals surface area (Å²) in [5, 5.41) is 10.0. The smallest absolute Gasteiger partial charge is 0.274 e. The van der Waals surface area contributed by atoms with Crippen molar-refractivity contribution in [3.05, 3.63) is 58.4 Å². The van der Waals surface area contributed by atoms with E-state index >= 15 is 0 Å². The molecule has 2 heterocycles. The normalized spacial score (nSPS) is 20.5. The largest absolute Gasteiger partial charge is 0.391 e. The third kappa shape index (κ3) is 3.01. The van der Waals surface area contributed by atoms with Crippen LogP contribution >= 0.6 is 0 Å². The summed E-state index contributed by atoms with van der Waals surface area (Å²) in [5.41, 5.74) is 3.00. The quantitative estimate of drug-likeness (QED) is 0.919. The highest BCUT2D eigenvalue weighted by molar-refractivity contribution is 5.94. The molecular weight excluding hydrogens is 309 g/mol. The number of halogens is 1. The van der Waals surface area contributed by atoms with Crippen LogP contribution in [0.15, 0.2) is 24.3 Å². The fourth-order valence-electron chi connectivity index (χ4n) is 3.12. The first-order valence-electron chi connectivity index (χ1n) is 7.93. The summed E-state index contributed by atoms with van der Waals surface area (Å²) in [6.07, 6.45) is -0.256. The van der Waals surface area contributed by atoms with Gasteiger partial charge in [-0.15, -0.1) is 0 Å². The van der Waals surface area contributed by atoms with Crippen molar-refractivity contribution in [3.8, 4) is 0 Å². The van der Waals surface area contributed by atoms with Gasteiger partial charge in [0.05, 0.1) is 29.2 Å². The number of likely N-dealkylation sites (tertiary alicyclic amines) is 1. The van der Waals surface area contributed by atoms with Crippen LogP contribution in [-0.2, 0) is 0 Å². The average Bonchev–Trinajstić information content (AvgIpc) is 2.92. The van der Waals surface area contributed by atoms with Crippen LogP contribution in [0.25, 0.3) is 0 Å². The molecule has 1 aliphatic rings. The first-order valence-corrected chi connectivity index (χ1v) is 7.93. The molecule has 0 saturated carbocycles. The summed E-state index contributed by atoms with van der Waals surface area (Å²) >= 11 is 0. The van der Waals surface area contributed by atoms with Gasteiger partial charge in [-0.3, -0.25) is 9.78 Å². The van der Waals surface area contributed by atoms with E-state index in [4.69, 9.17) is 0 Å². The highest BCUT2D eigenvalue weighted by atomic mass is 19.1. The van der Waals surface area contributed by atoms with Crippen molar-refractivity contribution >= 4 is 5.91 Å². The molecule has 0 aliphatic carbocycles. The standard InChI is InChI=1S/C18H20FN3O2/c1-10-11(2)21-17(12(3)20-10)18(24)22-9-15(23)8-16(22)13-5-4-6-14(19)7-13/h4-7,15-16,23H,8-9H2,1-3H3/t15-,16+/m1/s1. The topological polar surface area (TPSA) is 66.3 Å². The average molecular weight is 329 g/mol. The van der Waals surface area contributed by atoms with Crippen LogP contribution < -0.4 is 0 Å². The van der Waals surface area contributed by atoms with E-state index in [9.17, 15) is 14.3 Å². The Balaban J connectivity index is 1.97. The van der Waals surface area contributed by atoms with Gasteiger partial charge in [-0.2, -0.15) is 0 Å². The maximum absolute atomic E-state index is 13.5. The first kappa shape index (κ1) is 16.5. The summed E-state index contributed by atoms with van der Waals surface area (Å²) in [6, 6.07) is 5.78.